The maximum atomic E-state index is 11.6. The maximum Gasteiger partial charge on any atom is 0.326 e. The van der Waals surface area contributed by atoms with Gasteiger partial charge >= 0.3 is 18.0 Å². The molecule has 4 N–H and O–H groups in total. The van der Waals surface area contributed by atoms with Gasteiger partial charge < -0.3 is 20.8 Å². The third-order valence-electron chi connectivity index (χ3n) is 3.11. The van der Waals surface area contributed by atoms with E-state index in [1.54, 1.807) is 0 Å². The predicted molar refractivity (Wildman–Crippen MR) is 68.9 cm³/mol. The topological polar surface area (TPSA) is 116 Å². The first-order chi connectivity index (χ1) is 8.77. The molecule has 0 aromatic carbocycles. The minimum atomic E-state index is -1.24. The Balaban J connectivity index is 4.31. The molecular weight excluding hydrogens is 252 g/mol. The fourth-order valence-electron chi connectivity index (χ4n) is 1.43. The van der Waals surface area contributed by atoms with Gasteiger partial charge in [-0.05, 0) is 19.3 Å². The van der Waals surface area contributed by atoms with Crippen LogP contribution in [0.2, 0.25) is 0 Å². The van der Waals surface area contributed by atoms with Crippen LogP contribution in [0, 0.1) is 5.92 Å². The van der Waals surface area contributed by atoms with E-state index in [2.05, 4.69) is 10.6 Å². The number of urea groups is 1. The van der Waals surface area contributed by atoms with Crippen molar-refractivity contribution in [2.75, 3.05) is 0 Å². The second-order valence-corrected chi connectivity index (χ2v) is 4.62. The van der Waals surface area contributed by atoms with Crippen LogP contribution in [0.3, 0.4) is 0 Å². The van der Waals surface area contributed by atoms with Crippen molar-refractivity contribution in [2.45, 2.75) is 52.1 Å². The van der Waals surface area contributed by atoms with E-state index in [-0.39, 0.29) is 24.8 Å². The van der Waals surface area contributed by atoms with Crippen LogP contribution < -0.4 is 10.6 Å². The molecule has 7 heteroatoms. The van der Waals surface area contributed by atoms with Crippen molar-refractivity contribution in [3.05, 3.63) is 0 Å². The molecule has 110 valence electrons. The Kier molecular flexibility index (Phi) is 7.55. The molecule has 0 radical (unpaired) electrons. The first-order valence-electron chi connectivity index (χ1n) is 6.29. The van der Waals surface area contributed by atoms with Gasteiger partial charge in [-0.15, -0.1) is 0 Å². The number of aliphatic carboxylic acids is 2. The van der Waals surface area contributed by atoms with Gasteiger partial charge in [-0.25, -0.2) is 9.59 Å². The number of nitrogens with one attached hydrogen (secondary N) is 2. The van der Waals surface area contributed by atoms with Gasteiger partial charge in [-0.1, -0.05) is 20.3 Å². The lowest BCUT2D eigenvalue weighted by Gasteiger charge is -2.21. The van der Waals surface area contributed by atoms with Gasteiger partial charge in [0.05, 0.1) is 0 Å². The number of carboxylic acid groups (broad SMARTS) is 2. The molecule has 19 heavy (non-hydrogen) atoms. The van der Waals surface area contributed by atoms with Gasteiger partial charge in [0.25, 0.3) is 0 Å². The zero-order valence-corrected chi connectivity index (χ0v) is 11.5. The Bertz CT molecular complexity index is 332. The van der Waals surface area contributed by atoms with Gasteiger partial charge in [0.15, 0.2) is 0 Å². The zero-order valence-electron chi connectivity index (χ0n) is 11.5. The van der Waals surface area contributed by atoms with Crippen molar-refractivity contribution in [3.63, 3.8) is 0 Å². The van der Waals surface area contributed by atoms with Crippen molar-refractivity contribution in [1.29, 1.82) is 0 Å². The SMILES string of the molecule is CCC(C)C(C)NC(=O)NC(CCC(=O)O)C(=O)O. The van der Waals surface area contributed by atoms with E-state index in [1.165, 1.54) is 0 Å². The molecule has 0 aliphatic heterocycles. The summed E-state index contributed by atoms with van der Waals surface area (Å²) >= 11 is 0. The van der Waals surface area contributed by atoms with Crippen LogP contribution >= 0.6 is 0 Å². The molecule has 0 bridgehead atoms. The highest BCUT2D eigenvalue weighted by atomic mass is 16.4. The molecular formula is C12H22N2O5. The monoisotopic (exact) mass is 274 g/mol. The molecule has 3 atom stereocenters. The molecule has 0 aromatic rings. The lowest BCUT2D eigenvalue weighted by Crippen LogP contribution is -2.49. The summed E-state index contributed by atoms with van der Waals surface area (Å²) in [6.07, 6.45) is 0.441. The molecule has 0 aliphatic rings. The van der Waals surface area contributed by atoms with Crippen LogP contribution in [0.4, 0.5) is 4.79 Å². The number of carbonyl (C=O) groups is 3. The Labute approximate surface area is 112 Å². The molecule has 0 aliphatic carbocycles. The predicted octanol–water partition coefficient (Wildman–Crippen LogP) is 1.04. The highest BCUT2D eigenvalue weighted by molar-refractivity contribution is 5.83. The van der Waals surface area contributed by atoms with Crippen LogP contribution in [-0.2, 0) is 9.59 Å². The van der Waals surface area contributed by atoms with Gasteiger partial charge in [0.2, 0.25) is 0 Å². The molecule has 0 fully saturated rings. The molecule has 0 spiro atoms. The van der Waals surface area contributed by atoms with Crippen molar-refractivity contribution in [3.8, 4) is 0 Å². The average Bonchev–Trinajstić information content (AvgIpc) is 2.32. The maximum absolute atomic E-state index is 11.6. The van der Waals surface area contributed by atoms with Crippen LogP contribution in [0.15, 0.2) is 0 Å². The molecule has 3 unspecified atom stereocenters. The summed E-state index contributed by atoms with van der Waals surface area (Å²) in [7, 11) is 0. The van der Waals surface area contributed by atoms with Gasteiger partial charge in [0, 0.05) is 12.5 Å². The van der Waals surface area contributed by atoms with E-state index in [1.807, 2.05) is 20.8 Å². The number of rotatable bonds is 8. The summed E-state index contributed by atoms with van der Waals surface area (Å²) in [5.74, 6) is -2.07. The molecule has 0 heterocycles. The molecule has 0 saturated heterocycles. The number of carboxylic acids is 2. The highest BCUT2D eigenvalue weighted by Crippen LogP contribution is 2.06. The first-order valence-corrected chi connectivity index (χ1v) is 6.29. The van der Waals surface area contributed by atoms with E-state index < -0.39 is 24.0 Å². The number of carbonyl (C=O) groups excluding carboxylic acids is 1. The van der Waals surface area contributed by atoms with E-state index in [4.69, 9.17) is 10.2 Å². The Morgan fingerprint density at radius 3 is 2.11 bits per heavy atom. The van der Waals surface area contributed by atoms with E-state index in [0.29, 0.717) is 0 Å². The van der Waals surface area contributed by atoms with Gasteiger partial charge in [0.1, 0.15) is 6.04 Å². The Hall–Kier alpha value is -1.79. The molecule has 0 rings (SSSR count). The van der Waals surface area contributed by atoms with Crippen molar-refractivity contribution < 1.29 is 24.6 Å². The van der Waals surface area contributed by atoms with Crippen LogP contribution in [-0.4, -0.2) is 40.3 Å². The summed E-state index contributed by atoms with van der Waals surface area (Å²) in [4.78, 5) is 32.9. The normalized spacial score (nSPS) is 15.1. The van der Waals surface area contributed by atoms with Crippen molar-refractivity contribution in [1.82, 2.24) is 10.6 Å². The van der Waals surface area contributed by atoms with E-state index >= 15 is 0 Å². The van der Waals surface area contributed by atoms with Crippen LogP contribution in [0.5, 0.6) is 0 Å². The Morgan fingerprint density at radius 1 is 1.11 bits per heavy atom. The first kappa shape index (κ1) is 17.2. The lowest BCUT2D eigenvalue weighted by molar-refractivity contribution is -0.140. The van der Waals surface area contributed by atoms with Gasteiger partial charge in [-0.3, -0.25) is 4.79 Å². The lowest BCUT2D eigenvalue weighted by atomic mass is 10.0. The summed E-state index contributed by atoms with van der Waals surface area (Å²) in [5, 5.41) is 22.3. The summed E-state index contributed by atoms with van der Waals surface area (Å²) in [6, 6.07) is -1.87. The number of hydrogen-bond donors (Lipinski definition) is 4. The second kappa shape index (κ2) is 8.34. The average molecular weight is 274 g/mol. The quantitative estimate of drug-likeness (QED) is 0.527. The summed E-state index contributed by atoms with van der Waals surface area (Å²) < 4.78 is 0. The summed E-state index contributed by atoms with van der Waals surface area (Å²) in [6.45, 7) is 5.80. The Morgan fingerprint density at radius 2 is 1.68 bits per heavy atom. The van der Waals surface area contributed by atoms with Gasteiger partial charge in [-0.2, -0.15) is 0 Å². The molecule has 7 nitrogen and oxygen atoms in total. The second-order valence-electron chi connectivity index (χ2n) is 4.62. The minimum Gasteiger partial charge on any atom is -0.481 e. The third-order valence-corrected chi connectivity index (χ3v) is 3.11. The standard InChI is InChI=1S/C12H22N2O5/c1-4-7(2)8(3)13-12(19)14-9(11(17)18)5-6-10(15)16/h7-9H,4-6H2,1-3H3,(H,15,16)(H,17,18)(H2,13,14,19). The van der Waals surface area contributed by atoms with Crippen LogP contribution in [0.1, 0.15) is 40.0 Å². The minimum absolute atomic E-state index is 0.0843. The summed E-state index contributed by atoms with van der Waals surface area (Å²) in [5.41, 5.74) is 0. The van der Waals surface area contributed by atoms with Crippen molar-refractivity contribution in [2.24, 2.45) is 5.92 Å². The fourth-order valence-corrected chi connectivity index (χ4v) is 1.43. The smallest absolute Gasteiger partial charge is 0.326 e. The van der Waals surface area contributed by atoms with Crippen LogP contribution in [0.25, 0.3) is 0 Å². The zero-order chi connectivity index (χ0) is 15.0. The molecule has 2 amide bonds. The van der Waals surface area contributed by atoms with Crippen molar-refractivity contribution >= 4 is 18.0 Å². The largest absolute Gasteiger partial charge is 0.481 e. The van der Waals surface area contributed by atoms with E-state index in [9.17, 15) is 14.4 Å². The fraction of sp³-hybridized carbons (Fsp3) is 0.750. The number of hydrogen-bond acceptors (Lipinski definition) is 3. The third kappa shape index (κ3) is 7.28. The highest BCUT2D eigenvalue weighted by Gasteiger charge is 2.22. The molecule has 0 aromatic heterocycles. The van der Waals surface area contributed by atoms with E-state index in [0.717, 1.165) is 6.42 Å². The molecule has 0 saturated carbocycles. The number of amides is 2.